The SMILES string of the molecule is CCCn1c(=O)c2[nH]c(C3CC4C=CC3C4)nc2n(CCC(N)=O)c1=O. The molecule has 1 fully saturated rings. The molecule has 8 heteroatoms. The van der Waals surface area contributed by atoms with Gasteiger partial charge in [0.05, 0.1) is 0 Å². The smallest absolute Gasteiger partial charge is 0.332 e. The van der Waals surface area contributed by atoms with E-state index in [1.807, 2.05) is 6.92 Å². The van der Waals surface area contributed by atoms with Crippen molar-refractivity contribution in [1.29, 1.82) is 0 Å². The number of aromatic nitrogens is 4. The van der Waals surface area contributed by atoms with Gasteiger partial charge in [-0.1, -0.05) is 19.1 Å². The van der Waals surface area contributed by atoms with Gasteiger partial charge in [-0.3, -0.25) is 18.7 Å². The molecular formula is C18H23N5O3. The zero-order chi connectivity index (χ0) is 18.4. The van der Waals surface area contributed by atoms with Crippen molar-refractivity contribution in [3.05, 3.63) is 38.8 Å². The van der Waals surface area contributed by atoms with Crippen LogP contribution in [0.2, 0.25) is 0 Å². The summed E-state index contributed by atoms with van der Waals surface area (Å²) in [4.78, 5) is 44.6. The molecule has 1 amide bonds. The molecular weight excluding hydrogens is 334 g/mol. The Balaban J connectivity index is 1.86. The number of carbonyl (C=O) groups is 1. The fourth-order valence-electron chi connectivity index (χ4n) is 4.30. The highest BCUT2D eigenvalue weighted by molar-refractivity contribution is 5.74. The fraction of sp³-hybridized carbons (Fsp3) is 0.556. The molecule has 3 unspecified atom stereocenters. The van der Waals surface area contributed by atoms with Crippen molar-refractivity contribution in [2.24, 2.45) is 17.6 Å². The van der Waals surface area contributed by atoms with Crippen LogP contribution in [0.5, 0.6) is 0 Å². The number of H-pyrrole nitrogens is 1. The molecule has 138 valence electrons. The quantitative estimate of drug-likeness (QED) is 0.746. The van der Waals surface area contributed by atoms with Crippen LogP contribution in [0, 0.1) is 11.8 Å². The summed E-state index contributed by atoms with van der Waals surface area (Å²) in [5.41, 5.74) is 5.13. The summed E-state index contributed by atoms with van der Waals surface area (Å²) in [6.45, 7) is 2.36. The fourth-order valence-corrected chi connectivity index (χ4v) is 4.30. The molecule has 2 aromatic heterocycles. The van der Waals surface area contributed by atoms with Crippen LogP contribution in [0.1, 0.15) is 44.3 Å². The number of carbonyl (C=O) groups excluding carboxylic acids is 1. The zero-order valence-corrected chi connectivity index (χ0v) is 14.8. The number of nitrogens with zero attached hydrogens (tertiary/aromatic N) is 3. The molecule has 2 aromatic rings. The van der Waals surface area contributed by atoms with Crippen molar-refractivity contribution in [2.45, 2.75) is 51.6 Å². The number of nitrogens with one attached hydrogen (secondary N) is 1. The Morgan fingerprint density at radius 2 is 2.08 bits per heavy atom. The van der Waals surface area contributed by atoms with Crippen LogP contribution in [0.3, 0.4) is 0 Å². The van der Waals surface area contributed by atoms with E-state index in [-0.39, 0.29) is 24.4 Å². The summed E-state index contributed by atoms with van der Waals surface area (Å²) < 4.78 is 2.62. The van der Waals surface area contributed by atoms with Crippen LogP contribution < -0.4 is 17.0 Å². The van der Waals surface area contributed by atoms with Gasteiger partial charge < -0.3 is 10.7 Å². The van der Waals surface area contributed by atoms with E-state index < -0.39 is 11.6 Å². The molecule has 4 rings (SSSR count). The molecule has 2 aliphatic rings. The van der Waals surface area contributed by atoms with Crippen LogP contribution in [0.25, 0.3) is 11.2 Å². The van der Waals surface area contributed by atoms with Gasteiger partial charge in [0.25, 0.3) is 5.56 Å². The lowest BCUT2D eigenvalue weighted by atomic mass is 9.93. The van der Waals surface area contributed by atoms with E-state index in [4.69, 9.17) is 5.73 Å². The standard InChI is InChI=1S/C18H23N5O3/c1-2-6-23-17(25)14-16(22(18(23)26)7-5-13(19)24)21-15(20-14)12-9-10-3-4-11(12)8-10/h3-4,10-12H,2,5-9H2,1H3,(H2,19,24)(H,20,21). The first-order valence-electron chi connectivity index (χ1n) is 9.19. The molecule has 26 heavy (non-hydrogen) atoms. The number of fused-ring (bicyclic) bond motifs is 3. The summed E-state index contributed by atoms with van der Waals surface area (Å²) in [7, 11) is 0. The minimum atomic E-state index is -0.493. The summed E-state index contributed by atoms with van der Waals surface area (Å²) in [6, 6.07) is 0. The molecule has 3 atom stereocenters. The van der Waals surface area contributed by atoms with Crippen molar-refractivity contribution in [3.8, 4) is 0 Å². The van der Waals surface area contributed by atoms with E-state index in [1.165, 1.54) is 9.13 Å². The van der Waals surface area contributed by atoms with Crippen molar-refractivity contribution < 1.29 is 4.79 Å². The molecule has 2 bridgehead atoms. The molecule has 2 aliphatic carbocycles. The Kier molecular flexibility index (Phi) is 4.05. The lowest BCUT2D eigenvalue weighted by Crippen LogP contribution is -2.40. The van der Waals surface area contributed by atoms with Gasteiger partial charge in [0.15, 0.2) is 5.65 Å². The van der Waals surface area contributed by atoms with E-state index in [9.17, 15) is 14.4 Å². The second-order valence-electron chi connectivity index (χ2n) is 7.31. The van der Waals surface area contributed by atoms with Crippen molar-refractivity contribution in [2.75, 3.05) is 0 Å². The highest BCUT2D eigenvalue weighted by Crippen LogP contribution is 2.48. The molecule has 2 heterocycles. The number of aromatic amines is 1. The van der Waals surface area contributed by atoms with Crippen LogP contribution in [0.4, 0.5) is 0 Å². The number of rotatable bonds is 6. The molecule has 8 nitrogen and oxygen atoms in total. The molecule has 1 saturated carbocycles. The third-order valence-corrected chi connectivity index (χ3v) is 5.54. The Labute approximate surface area is 149 Å². The number of imidazole rings is 1. The highest BCUT2D eigenvalue weighted by atomic mass is 16.2. The predicted octanol–water partition coefficient (Wildman–Crippen LogP) is 0.851. The van der Waals surface area contributed by atoms with Gasteiger partial charge in [-0.2, -0.15) is 0 Å². The monoisotopic (exact) mass is 357 g/mol. The predicted molar refractivity (Wildman–Crippen MR) is 96.8 cm³/mol. The van der Waals surface area contributed by atoms with Gasteiger partial charge in [0.1, 0.15) is 11.3 Å². The number of nitrogens with two attached hydrogens (primary N) is 1. The Hall–Kier alpha value is -2.64. The first-order valence-corrected chi connectivity index (χ1v) is 9.19. The molecule has 0 aliphatic heterocycles. The lowest BCUT2D eigenvalue weighted by Gasteiger charge is -2.14. The van der Waals surface area contributed by atoms with Crippen molar-refractivity contribution in [3.63, 3.8) is 0 Å². The van der Waals surface area contributed by atoms with E-state index in [0.717, 1.165) is 18.7 Å². The van der Waals surface area contributed by atoms with Gasteiger partial charge in [0.2, 0.25) is 5.91 Å². The normalized spacial score (nSPS) is 24.0. The maximum atomic E-state index is 12.8. The first kappa shape index (κ1) is 16.8. The molecule has 0 spiro atoms. The molecule has 0 saturated heterocycles. The maximum Gasteiger partial charge on any atom is 0.332 e. The lowest BCUT2D eigenvalue weighted by molar-refractivity contribution is -0.118. The number of primary amides is 1. The second-order valence-corrected chi connectivity index (χ2v) is 7.31. The van der Waals surface area contributed by atoms with Gasteiger partial charge >= 0.3 is 5.69 Å². The molecule has 3 N–H and O–H groups in total. The summed E-state index contributed by atoms with van der Waals surface area (Å²) in [5.74, 6) is 1.52. The number of amides is 1. The van der Waals surface area contributed by atoms with Crippen LogP contribution in [-0.4, -0.2) is 25.0 Å². The van der Waals surface area contributed by atoms with Crippen LogP contribution in [0.15, 0.2) is 21.7 Å². The second kappa shape index (κ2) is 6.26. The Morgan fingerprint density at radius 3 is 2.69 bits per heavy atom. The summed E-state index contributed by atoms with van der Waals surface area (Å²) >= 11 is 0. The first-order chi connectivity index (χ1) is 12.5. The Morgan fingerprint density at radius 1 is 1.27 bits per heavy atom. The summed E-state index contributed by atoms with van der Waals surface area (Å²) in [5, 5.41) is 0. The third kappa shape index (κ3) is 2.60. The van der Waals surface area contributed by atoms with E-state index >= 15 is 0 Å². The van der Waals surface area contributed by atoms with Gasteiger partial charge in [-0.25, -0.2) is 9.78 Å². The van der Waals surface area contributed by atoms with Crippen LogP contribution >= 0.6 is 0 Å². The Bertz CT molecular complexity index is 1010. The minimum absolute atomic E-state index is 0.0262. The van der Waals surface area contributed by atoms with E-state index in [2.05, 4.69) is 22.1 Å². The largest absolute Gasteiger partial charge is 0.370 e. The number of aryl methyl sites for hydroxylation is 1. The zero-order valence-electron chi connectivity index (χ0n) is 14.8. The highest BCUT2D eigenvalue weighted by Gasteiger charge is 2.38. The maximum absolute atomic E-state index is 12.8. The molecule has 0 aromatic carbocycles. The number of allylic oxidation sites excluding steroid dienone is 2. The third-order valence-electron chi connectivity index (χ3n) is 5.54. The number of hydrogen-bond acceptors (Lipinski definition) is 4. The average molecular weight is 357 g/mol. The summed E-state index contributed by atoms with van der Waals surface area (Å²) in [6.07, 6.45) is 7.29. The van der Waals surface area contributed by atoms with Crippen molar-refractivity contribution >= 4 is 17.1 Å². The number of hydrogen-bond donors (Lipinski definition) is 2. The van der Waals surface area contributed by atoms with Gasteiger partial charge in [-0.05, 0) is 31.1 Å². The average Bonchev–Trinajstić information content (AvgIpc) is 3.32. The molecule has 0 radical (unpaired) electrons. The van der Waals surface area contributed by atoms with E-state index in [1.54, 1.807) is 0 Å². The van der Waals surface area contributed by atoms with E-state index in [0.29, 0.717) is 36.0 Å². The van der Waals surface area contributed by atoms with Gasteiger partial charge in [-0.15, -0.1) is 0 Å². The van der Waals surface area contributed by atoms with Gasteiger partial charge in [0, 0.05) is 25.4 Å². The topological polar surface area (TPSA) is 116 Å². The van der Waals surface area contributed by atoms with Crippen molar-refractivity contribution in [1.82, 2.24) is 19.1 Å². The minimum Gasteiger partial charge on any atom is -0.370 e. The van der Waals surface area contributed by atoms with Crippen LogP contribution in [-0.2, 0) is 17.9 Å².